The van der Waals surface area contributed by atoms with Gasteiger partial charge in [0.05, 0.1) is 0 Å². The van der Waals surface area contributed by atoms with Crippen LogP contribution in [-0.2, 0) is 7.05 Å². The molecule has 1 aromatic heterocycles. The Morgan fingerprint density at radius 2 is 2.12 bits per heavy atom. The molecule has 0 atom stereocenters. The first kappa shape index (κ1) is 5.48. The fraction of sp³-hybridized carbons (Fsp3) is 0.333. The smallest absolute Gasteiger partial charge is 0.138 e. The molecule has 2 radical (unpaired) electrons. The molecule has 0 aromatic carbocycles. The van der Waals surface area contributed by atoms with Crippen LogP contribution in [-0.4, -0.2) is 12.4 Å². The van der Waals surface area contributed by atoms with E-state index >= 15 is 0 Å². The maximum atomic E-state index is 5.50. The van der Waals surface area contributed by atoms with E-state index in [1.165, 1.54) is 5.69 Å². The molecule has 1 aromatic rings. The summed E-state index contributed by atoms with van der Waals surface area (Å²) in [7, 11) is 7.45. The van der Waals surface area contributed by atoms with Crippen molar-refractivity contribution in [1.29, 1.82) is 0 Å². The average Bonchev–Trinajstić information content (AvgIpc) is 1.98. The topological polar surface area (TPSA) is 4.93 Å². The molecule has 0 spiro atoms. The van der Waals surface area contributed by atoms with Crippen molar-refractivity contribution in [3.05, 3.63) is 17.8 Å². The Hall–Kier alpha value is -0.655. The van der Waals surface area contributed by atoms with Crippen LogP contribution in [0.2, 0.25) is 0 Å². The van der Waals surface area contributed by atoms with Crippen molar-refractivity contribution < 1.29 is 0 Å². The molecule has 0 N–H and O–H groups in total. The van der Waals surface area contributed by atoms with Crippen molar-refractivity contribution in [2.75, 3.05) is 0 Å². The molecule has 1 rings (SSSR count). The van der Waals surface area contributed by atoms with Crippen LogP contribution in [0.3, 0.4) is 0 Å². The van der Waals surface area contributed by atoms with Crippen LogP contribution >= 0.6 is 0 Å². The SMILES string of the molecule is [B]c1ccc(C)n1C. The molecular weight excluding hydrogens is 96.9 g/mol. The molecule has 1 heterocycles. The summed E-state index contributed by atoms with van der Waals surface area (Å²) in [5, 5.41) is 0. The van der Waals surface area contributed by atoms with Crippen molar-refractivity contribution in [1.82, 2.24) is 4.57 Å². The van der Waals surface area contributed by atoms with Gasteiger partial charge in [-0.2, -0.15) is 0 Å². The van der Waals surface area contributed by atoms with E-state index in [-0.39, 0.29) is 0 Å². The number of nitrogens with zero attached hydrogens (tertiary/aromatic N) is 1. The number of aryl methyl sites for hydroxylation is 1. The van der Waals surface area contributed by atoms with Gasteiger partial charge < -0.3 is 4.57 Å². The van der Waals surface area contributed by atoms with Crippen LogP contribution in [0.15, 0.2) is 12.1 Å². The first-order valence-corrected chi connectivity index (χ1v) is 2.59. The van der Waals surface area contributed by atoms with E-state index in [0.717, 1.165) is 5.59 Å². The van der Waals surface area contributed by atoms with E-state index in [2.05, 4.69) is 0 Å². The van der Waals surface area contributed by atoms with Gasteiger partial charge in [-0.15, -0.1) is 0 Å². The zero-order valence-electron chi connectivity index (χ0n) is 5.18. The third-order valence-electron chi connectivity index (χ3n) is 1.41. The molecule has 0 fully saturated rings. The van der Waals surface area contributed by atoms with Gasteiger partial charge in [0.1, 0.15) is 7.85 Å². The third-order valence-corrected chi connectivity index (χ3v) is 1.41. The highest BCUT2D eigenvalue weighted by atomic mass is 14.9. The first-order chi connectivity index (χ1) is 3.72. The quantitative estimate of drug-likeness (QED) is 0.413. The molecule has 0 saturated carbocycles. The lowest BCUT2D eigenvalue weighted by Gasteiger charge is -1.96. The maximum absolute atomic E-state index is 5.50. The van der Waals surface area contributed by atoms with Crippen molar-refractivity contribution in [3.8, 4) is 0 Å². The van der Waals surface area contributed by atoms with Gasteiger partial charge >= 0.3 is 0 Å². The highest BCUT2D eigenvalue weighted by molar-refractivity contribution is 6.31. The van der Waals surface area contributed by atoms with Gasteiger partial charge in [0.2, 0.25) is 0 Å². The second-order valence-electron chi connectivity index (χ2n) is 1.96. The second-order valence-corrected chi connectivity index (χ2v) is 1.96. The Morgan fingerprint density at radius 3 is 2.25 bits per heavy atom. The van der Waals surface area contributed by atoms with Crippen LogP contribution in [0.1, 0.15) is 5.69 Å². The minimum Gasteiger partial charge on any atom is -0.362 e. The van der Waals surface area contributed by atoms with Crippen LogP contribution in [0.5, 0.6) is 0 Å². The van der Waals surface area contributed by atoms with Gasteiger partial charge in [-0.25, -0.2) is 0 Å². The predicted molar refractivity (Wildman–Crippen MR) is 35.5 cm³/mol. The summed E-state index contributed by atoms with van der Waals surface area (Å²) < 4.78 is 1.94. The van der Waals surface area contributed by atoms with E-state index in [0.29, 0.717) is 0 Å². The maximum Gasteiger partial charge on any atom is 0.138 e. The molecule has 2 heteroatoms. The highest BCUT2D eigenvalue weighted by Gasteiger charge is 1.90. The standard InChI is InChI=1S/C6H8BN/c1-5-3-4-6(7)8(5)2/h3-4H,1-2H3. The first-order valence-electron chi connectivity index (χ1n) is 2.59. The number of hydrogen-bond acceptors (Lipinski definition) is 0. The average molecular weight is 105 g/mol. The van der Waals surface area contributed by atoms with Gasteiger partial charge in [-0.1, -0.05) is 6.07 Å². The summed E-state index contributed by atoms with van der Waals surface area (Å²) in [6, 6.07) is 3.89. The highest BCUT2D eigenvalue weighted by Crippen LogP contribution is 1.90. The van der Waals surface area contributed by atoms with E-state index in [9.17, 15) is 0 Å². The van der Waals surface area contributed by atoms with Gasteiger partial charge in [-0.05, 0) is 18.6 Å². The number of rotatable bonds is 0. The molecule has 0 amide bonds. The summed E-state index contributed by atoms with van der Waals surface area (Å²) in [6.07, 6.45) is 0. The van der Waals surface area contributed by atoms with Crippen LogP contribution in [0, 0.1) is 6.92 Å². The second kappa shape index (κ2) is 1.69. The molecule has 1 nitrogen and oxygen atoms in total. The van der Waals surface area contributed by atoms with Crippen molar-refractivity contribution in [2.24, 2.45) is 7.05 Å². The van der Waals surface area contributed by atoms with Crippen molar-refractivity contribution in [3.63, 3.8) is 0 Å². The lowest BCUT2D eigenvalue weighted by Crippen LogP contribution is -2.13. The molecule has 8 heavy (non-hydrogen) atoms. The summed E-state index contributed by atoms with van der Waals surface area (Å²) >= 11 is 0. The minimum atomic E-state index is 0.822. The van der Waals surface area contributed by atoms with E-state index in [1.54, 1.807) is 0 Å². The van der Waals surface area contributed by atoms with Gasteiger partial charge in [0, 0.05) is 12.7 Å². The summed E-state index contributed by atoms with van der Waals surface area (Å²) in [4.78, 5) is 0. The zero-order valence-corrected chi connectivity index (χ0v) is 5.18. The zero-order chi connectivity index (χ0) is 6.15. The van der Waals surface area contributed by atoms with Crippen LogP contribution in [0.4, 0.5) is 0 Å². The fourth-order valence-corrected chi connectivity index (χ4v) is 0.633. The van der Waals surface area contributed by atoms with Crippen molar-refractivity contribution >= 4 is 13.4 Å². The van der Waals surface area contributed by atoms with Crippen molar-refractivity contribution in [2.45, 2.75) is 6.92 Å². The Balaban J connectivity index is 3.19. The third kappa shape index (κ3) is 0.662. The molecule has 0 bridgehead atoms. The van der Waals surface area contributed by atoms with Gasteiger partial charge in [0.15, 0.2) is 0 Å². The largest absolute Gasteiger partial charge is 0.362 e. The normalized spacial score (nSPS) is 9.75. The lowest BCUT2D eigenvalue weighted by atomic mass is 10.1. The summed E-state index contributed by atoms with van der Waals surface area (Å²) in [5.74, 6) is 0. The Labute approximate surface area is 50.7 Å². The molecule has 0 unspecified atom stereocenters. The Morgan fingerprint density at radius 1 is 1.50 bits per heavy atom. The monoisotopic (exact) mass is 105 g/mol. The van der Waals surface area contributed by atoms with E-state index < -0.39 is 0 Å². The molecule has 0 saturated heterocycles. The van der Waals surface area contributed by atoms with Gasteiger partial charge in [-0.3, -0.25) is 0 Å². The van der Waals surface area contributed by atoms with Crippen LogP contribution in [0.25, 0.3) is 0 Å². The van der Waals surface area contributed by atoms with Gasteiger partial charge in [0.25, 0.3) is 0 Å². The molecule has 0 aliphatic carbocycles. The minimum absolute atomic E-state index is 0.822. The lowest BCUT2D eigenvalue weighted by molar-refractivity contribution is 0.909. The van der Waals surface area contributed by atoms with Crippen LogP contribution < -0.4 is 5.59 Å². The molecule has 40 valence electrons. The fourth-order valence-electron chi connectivity index (χ4n) is 0.633. The number of hydrogen-bond donors (Lipinski definition) is 0. The Bertz CT molecular complexity index is 171. The predicted octanol–water partition coefficient (Wildman–Crippen LogP) is 0.127. The molecule has 0 aliphatic rings. The molecular formula is C6H8BN. The Kier molecular flexibility index (Phi) is 1.16. The van der Waals surface area contributed by atoms with E-state index in [4.69, 9.17) is 7.85 Å². The number of aromatic nitrogens is 1. The summed E-state index contributed by atoms with van der Waals surface area (Å²) in [6.45, 7) is 2.02. The summed E-state index contributed by atoms with van der Waals surface area (Å²) in [5.41, 5.74) is 2.02. The molecule has 0 aliphatic heterocycles. The van der Waals surface area contributed by atoms with E-state index in [1.807, 2.05) is 30.7 Å².